The SMILES string of the molecule is CC1=C2CCN(Cc3ccccc3C)C23CC=C(Oc2ccccc2)C=C3N=C1.Cl. The Kier molecular flexibility index (Phi) is 5.68. The highest BCUT2D eigenvalue weighted by Crippen LogP contribution is 2.49. The molecule has 30 heavy (non-hydrogen) atoms. The van der Waals surface area contributed by atoms with Crippen molar-refractivity contribution < 1.29 is 4.74 Å². The predicted molar refractivity (Wildman–Crippen MR) is 125 cm³/mol. The standard InChI is InChI=1S/C26H26N2O.ClH/c1-19-8-6-7-9-21(19)18-28-15-13-24-20(2)17-27-25-16-23(12-14-26(24,25)28)29-22-10-4-3-5-11-22;/h3-12,16-17H,13-15,18H2,1-2H3;1H. The lowest BCUT2D eigenvalue weighted by molar-refractivity contribution is 0.181. The number of hydrogen-bond donors (Lipinski definition) is 0. The number of hydrogen-bond acceptors (Lipinski definition) is 3. The molecule has 1 aliphatic carbocycles. The maximum absolute atomic E-state index is 6.13. The smallest absolute Gasteiger partial charge is 0.127 e. The Bertz CT molecular complexity index is 1070. The molecule has 2 heterocycles. The first kappa shape index (κ1) is 20.6. The van der Waals surface area contributed by atoms with Crippen LogP contribution in [0.25, 0.3) is 0 Å². The highest BCUT2D eigenvalue weighted by Gasteiger charge is 2.50. The van der Waals surface area contributed by atoms with Crippen molar-refractivity contribution in [2.75, 3.05) is 6.54 Å². The quantitative estimate of drug-likeness (QED) is 0.607. The molecule has 2 aromatic rings. The Morgan fingerprint density at radius 3 is 2.60 bits per heavy atom. The normalized spacial score (nSPS) is 22.6. The Hall–Kier alpha value is -2.62. The predicted octanol–water partition coefficient (Wildman–Crippen LogP) is 6.01. The first-order chi connectivity index (χ1) is 14.2. The van der Waals surface area contributed by atoms with Gasteiger partial charge in [-0.25, -0.2) is 0 Å². The molecule has 2 aromatic carbocycles. The first-order valence-corrected chi connectivity index (χ1v) is 10.4. The number of dihydropyridines is 1. The van der Waals surface area contributed by atoms with Gasteiger partial charge in [-0.15, -0.1) is 12.4 Å². The van der Waals surface area contributed by atoms with Gasteiger partial charge in [-0.2, -0.15) is 0 Å². The summed E-state index contributed by atoms with van der Waals surface area (Å²) in [6.45, 7) is 6.41. The van der Waals surface area contributed by atoms with Crippen molar-refractivity contribution in [1.29, 1.82) is 0 Å². The number of para-hydroxylation sites is 1. The molecule has 4 heteroatoms. The van der Waals surface area contributed by atoms with Crippen molar-refractivity contribution in [2.45, 2.75) is 38.8 Å². The minimum absolute atomic E-state index is 0. The molecular formula is C26H27ClN2O. The van der Waals surface area contributed by atoms with Gasteiger partial charge >= 0.3 is 0 Å². The molecular weight excluding hydrogens is 392 g/mol. The third-order valence-electron chi connectivity index (χ3n) is 6.45. The lowest BCUT2D eigenvalue weighted by Gasteiger charge is -2.43. The van der Waals surface area contributed by atoms with Crippen molar-refractivity contribution in [2.24, 2.45) is 4.99 Å². The molecule has 1 spiro atoms. The Labute approximate surface area is 184 Å². The van der Waals surface area contributed by atoms with E-state index in [1.54, 1.807) is 0 Å². The van der Waals surface area contributed by atoms with E-state index in [2.05, 4.69) is 55.2 Å². The van der Waals surface area contributed by atoms with Gasteiger partial charge in [-0.3, -0.25) is 9.89 Å². The number of nitrogens with zero attached hydrogens (tertiary/aromatic N) is 2. The van der Waals surface area contributed by atoms with Crippen LogP contribution >= 0.6 is 12.4 Å². The summed E-state index contributed by atoms with van der Waals surface area (Å²) in [4.78, 5) is 7.51. The average Bonchev–Trinajstić information content (AvgIpc) is 3.10. The average molecular weight is 419 g/mol. The van der Waals surface area contributed by atoms with E-state index in [4.69, 9.17) is 9.73 Å². The third-order valence-corrected chi connectivity index (χ3v) is 6.45. The fourth-order valence-electron chi connectivity index (χ4n) is 4.88. The summed E-state index contributed by atoms with van der Waals surface area (Å²) in [5.41, 5.74) is 6.55. The Morgan fingerprint density at radius 2 is 1.80 bits per heavy atom. The zero-order valence-electron chi connectivity index (χ0n) is 17.5. The van der Waals surface area contributed by atoms with Crippen LogP contribution < -0.4 is 4.74 Å². The maximum Gasteiger partial charge on any atom is 0.127 e. The molecule has 0 bridgehead atoms. The number of aliphatic imine (C=N–C) groups is 1. The van der Waals surface area contributed by atoms with Crippen LogP contribution in [0.5, 0.6) is 5.75 Å². The van der Waals surface area contributed by atoms with E-state index >= 15 is 0 Å². The van der Waals surface area contributed by atoms with Crippen LogP contribution in [0.4, 0.5) is 0 Å². The van der Waals surface area contributed by atoms with Gasteiger partial charge in [0.25, 0.3) is 0 Å². The van der Waals surface area contributed by atoms with Crippen molar-refractivity contribution in [3.8, 4) is 5.75 Å². The molecule has 1 saturated heterocycles. The molecule has 3 nitrogen and oxygen atoms in total. The molecule has 1 unspecified atom stereocenters. The number of ether oxygens (including phenoxy) is 1. The third kappa shape index (κ3) is 3.42. The van der Waals surface area contributed by atoms with Gasteiger partial charge in [0.05, 0.1) is 11.2 Å². The topological polar surface area (TPSA) is 24.8 Å². The minimum Gasteiger partial charge on any atom is -0.458 e. The van der Waals surface area contributed by atoms with Gasteiger partial charge in [0.15, 0.2) is 0 Å². The second kappa shape index (κ2) is 8.25. The number of likely N-dealkylation sites (tertiary alicyclic amines) is 1. The zero-order valence-corrected chi connectivity index (χ0v) is 18.3. The van der Waals surface area contributed by atoms with Crippen molar-refractivity contribution in [3.05, 3.63) is 100 Å². The Balaban J connectivity index is 0.00000218. The molecule has 0 aromatic heterocycles. The van der Waals surface area contributed by atoms with E-state index in [1.165, 1.54) is 22.3 Å². The molecule has 1 fully saturated rings. The van der Waals surface area contributed by atoms with Crippen LogP contribution in [0.15, 0.2) is 94.3 Å². The summed E-state index contributed by atoms with van der Waals surface area (Å²) >= 11 is 0. The van der Waals surface area contributed by atoms with Gasteiger partial charge in [0.2, 0.25) is 0 Å². The fraction of sp³-hybridized carbons (Fsp3) is 0.269. The van der Waals surface area contributed by atoms with E-state index in [9.17, 15) is 0 Å². The monoisotopic (exact) mass is 418 g/mol. The summed E-state index contributed by atoms with van der Waals surface area (Å²) in [7, 11) is 0. The number of benzene rings is 2. The van der Waals surface area contributed by atoms with E-state index in [0.29, 0.717) is 0 Å². The van der Waals surface area contributed by atoms with Gasteiger partial charge in [0, 0.05) is 25.4 Å². The molecule has 0 saturated carbocycles. The summed E-state index contributed by atoms with van der Waals surface area (Å²) in [6, 6.07) is 18.7. The number of halogens is 1. The van der Waals surface area contributed by atoms with Crippen LogP contribution in [-0.4, -0.2) is 23.2 Å². The lowest BCUT2D eigenvalue weighted by atomic mass is 9.77. The molecule has 0 N–H and O–H groups in total. The summed E-state index contributed by atoms with van der Waals surface area (Å²) in [5, 5.41) is 0. The van der Waals surface area contributed by atoms with Crippen molar-refractivity contribution >= 4 is 18.6 Å². The van der Waals surface area contributed by atoms with Gasteiger partial charge in [-0.05, 0) is 67.2 Å². The van der Waals surface area contributed by atoms with Crippen LogP contribution in [0.3, 0.4) is 0 Å². The van der Waals surface area contributed by atoms with Crippen molar-refractivity contribution in [3.63, 3.8) is 0 Å². The number of aryl methyl sites for hydroxylation is 1. The zero-order chi connectivity index (χ0) is 19.8. The molecule has 154 valence electrons. The molecule has 3 aliphatic rings. The first-order valence-electron chi connectivity index (χ1n) is 10.4. The lowest BCUT2D eigenvalue weighted by Crippen LogP contribution is -2.48. The van der Waals surface area contributed by atoms with Crippen LogP contribution in [0.2, 0.25) is 0 Å². The summed E-state index contributed by atoms with van der Waals surface area (Å²) in [5.74, 6) is 1.75. The van der Waals surface area contributed by atoms with Crippen molar-refractivity contribution in [1.82, 2.24) is 4.90 Å². The second-order valence-electron chi connectivity index (χ2n) is 8.13. The fourth-order valence-corrected chi connectivity index (χ4v) is 4.88. The van der Waals surface area contributed by atoms with Gasteiger partial charge < -0.3 is 4.74 Å². The van der Waals surface area contributed by atoms with Crippen LogP contribution in [0, 0.1) is 6.92 Å². The van der Waals surface area contributed by atoms with E-state index in [0.717, 1.165) is 43.1 Å². The van der Waals surface area contributed by atoms with E-state index in [1.807, 2.05) is 36.5 Å². The molecule has 0 amide bonds. The Morgan fingerprint density at radius 1 is 1.03 bits per heavy atom. The van der Waals surface area contributed by atoms with Gasteiger partial charge in [-0.1, -0.05) is 42.5 Å². The summed E-state index contributed by atoms with van der Waals surface area (Å²) < 4.78 is 6.13. The largest absolute Gasteiger partial charge is 0.458 e. The highest BCUT2D eigenvalue weighted by atomic mass is 35.5. The van der Waals surface area contributed by atoms with E-state index < -0.39 is 0 Å². The minimum atomic E-state index is -0.134. The van der Waals surface area contributed by atoms with Crippen LogP contribution in [0.1, 0.15) is 30.9 Å². The summed E-state index contributed by atoms with van der Waals surface area (Å²) in [6.07, 6.45) is 8.40. The second-order valence-corrected chi connectivity index (χ2v) is 8.13. The van der Waals surface area contributed by atoms with Gasteiger partial charge in [0.1, 0.15) is 11.5 Å². The maximum atomic E-state index is 6.13. The highest BCUT2D eigenvalue weighted by molar-refractivity contribution is 5.85. The molecule has 0 radical (unpaired) electrons. The molecule has 1 atom stereocenters. The van der Waals surface area contributed by atoms with Crippen LogP contribution in [-0.2, 0) is 6.54 Å². The molecule has 2 aliphatic heterocycles. The number of allylic oxidation sites excluding steroid dienone is 2. The molecule has 5 rings (SSSR count). The number of rotatable bonds is 4. The van der Waals surface area contributed by atoms with E-state index in [-0.39, 0.29) is 17.9 Å².